The van der Waals surface area contributed by atoms with Gasteiger partial charge in [-0.25, -0.2) is 0 Å². The molecule has 0 spiro atoms. The van der Waals surface area contributed by atoms with E-state index in [-0.39, 0.29) is 6.10 Å². The van der Waals surface area contributed by atoms with Crippen molar-refractivity contribution < 1.29 is 4.74 Å². The molecule has 2 unspecified atom stereocenters. The second-order valence-corrected chi connectivity index (χ2v) is 5.21. The second-order valence-electron chi connectivity index (χ2n) is 5.21. The Morgan fingerprint density at radius 2 is 1.79 bits per heavy atom. The minimum Gasteiger partial charge on any atom is -0.489 e. The Bertz CT molecular complexity index is 334. The van der Waals surface area contributed by atoms with Crippen LogP contribution in [0.5, 0.6) is 5.75 Å². The fourth-order valence-electron chi connectivity index (χ4n) is 2.13. The van der Waals surface area contributed by atoms with Crippen molar-refractivity contribution >= 4 is 0 Å². The van der Waals surface area contributed by atoms with E-state index in [0.29, 0.717) is 5.92 Å². The zero-order valence-electron chi connectivity index (χ0n) is 12.9. The normalized spacial score (nSPS) is 14.1. The average molecular weight is 263 g/mol. The number of rotatable bonds is 9. The Balaban J connectivity index is 2.58. The highest BCUT2D eigenvalue weighted by Crippen LogP contribution is 2.22. The van der Waals surface area contributed by atoms with E-state index in [9.17, 15) is 0 Å². The number of hydrogen-bond donors (Lipinski definition) is 1. The number of nitrogens with one attached hydrogen (secondary N) is 1. The third kappa shape index (κ3) is 5.65. The Morgan fingerprint density at radius 3 is 2.32 bits per heavy atom. The highest BCUT2D eigenvalue weighted by Gasteiger charge is 2.09. The third-order valence-corrected chi connectivity index (χ3v) is 3.60. The van der Waals surface area contributed by atoms with E-state index >= 15 is 0 Å². The fourth-order valence-corrected chi connectivity index (χ4v) is 2.13. The van der Waals surface area contributed by atoms with Crippen molar-refractivity contribution in [2.45, 2.75) is 59.0 Å². The summed E-state index contributed by atoms with van der Waals surface area (Å²) in [4.78, 5) is 0. The van der Waals surface area contributed by atoms with Gasteiger partial charge in [0.25, 0.3) is 0 Å². The zero-order valence-corrected chi connectivity index (χ0v) is 12.9. The van der Waals surface area contributed by atoms with Crippen LogP contribution in [0.15, 0.2) is 24.3 Å². The molecule has 0 bridgehead atoms. The largest absolute Gasteiger partial charge is 0.489 e. The molecular formula is C17H29NO. The van der Waals surface area contributed by atoms with Crippen LogP contribution in [0.2, 0.25) is 0 Å². The summed E-state index contributed by atoms with van der Waals surface area (Å²) >= 11 is 0. The van der Waals surface area contributed by atoms with Crippen molar-refractivity contribution in [2.75, 3.05) is 13.1 Å². The van der Waals surface area contributed by atoms with Crippen molar-refractivity contribution in [3.63, 3.8) is 0 Å². The molecule has 1 aromatic carbocycles. The first-order chi connectivity index (χ1) is 9.21. The van der Waals surface area contributed by atoms with Crippen molar-refractivity contribution in [3.8, 4) is 5.75 Å². The van der Waals surface area contributed by atoms with Gasteiger partial charge in [-0.1, -0.05) is 46.2 Å². The van der Waals surface area contributed by atoms with Gasteiger partial charge in [-0.2, -0.15) is 0 Å². The summed E-state index contributed by atoms with van der Waals surface area (Å²) in [5.41, 5.74) is 1.40. The Morgan fingerprint density at radius 1 is 1.11 bits per heavy atom. The van der Waals surface area contributed by atoms with Crippen LogP contribution in [0.4, 0.5) is 0 Å². The summed E-state index contributed by atoms with van der Waals surface area (Å²) in [6.45, 7) is 10.7. The molecule has 1 rings (SSSR count). The Labute approximate surface area is 118 Å². The molecule has 108 valence electrons. The third-order valence-electron chi connectivity index (χ3n) is 3.60. The topological polar surface area (TPSA) is 21.3 Å². The molecule has 2 atom stereocenters. The summed E-state index contributed by atoms with van der Waals surface area (Å²) < 4.78 is 6.06. The molecule has 0 aliphatic rings. The lowest BCUT2D eigenvalue weighted by atomic mass is 9.99. The monoisotopic (exact) mass is 263 g/mol. The minimum atomic E-state index is 0.277. The lowest BCUT2D eigenvalue weighted by Gasteiger charge is -2.19. The van der Waals surface area contributed by atoms with Gasteiger partial charge >= 0.3 is 0 Å². The lowest BCUT2D eigenvalue weighted by Crippen LogP contribution is -2.31. The summed E-state index contributed by atoms with van der Waals surface area (Å²) in [5, 5.41) is 3.37. The van der Waals surface area contributed by atoms with E-state index in [2.05, 4.69) is 57.3 Å². The van der Waals surface area contributed by atoms with Crippen molar-refractivity contribution in [2.24, 2.45) is 0 Å². The van der Waals surface area contributed by atoms with Crippen LogP contribution in [-0.2, 0) is 0 Å². The number of ether oxygens (including phenoxy) is 1. The molecule has 0 fully saturated rings. The van der Waals surface area contributed by atoms with Crippen molar-refractivity contribution in [1.29, 1.82) is 0 Å². The maximum Gasteiger partial charge on any atom is 0.119 e. The van der Waals surface area contributed by atoms with Crippen molar-refractivity contribution in [1.82, 2.24) is 5.32 Å². The standard InChI is InChI=1S/C17H29NO/c1-5-8-17(13-18-7-3)19-16-11-9-15(10-12-16)14(4)6-2/h9-12,14,17-18H,5-8,13H2,1-4H3. The van der Waals surface area contributed by atoms with Gasteiger partial charge in [0.15, 0.2) is 0 Å². The summed E-state index contributed by atoms with van der Waals surface area (Å²) in [6.07, 6.45) is 3.71. The minimum absolute atomic E-state index is 0.277. The SMILES string of the molecule is CCCC(CNCC)Oc1ccc(C(C)CC)cc1. The predicted octanol–water partition coefficient (Wildman–Crippen LogP) is 4.36. The molecule has 1 aromatic rings. The molecule has 0 saturated heterocycles. The molecule has 0 heterocycles. The summed E-state index contributed by atoms with van der Waals surface area (Å²) in [7, 11) is 0. The molecule has 1 N–H and O–H groups in total. The van der Waals surface area contributed by atoms with Crippen LogP contribution in [0.25, 0.3) is 0 Å². The van der Waals surface area contributed by atoms with Gasteiger partial charge in [0.1, 0.15) is 11.9 Å². The molecule has 0 radical (unpaired) electrons. The van der Waals surface area contributed by atoms with Crippen LogP contribution < -0.4 is 10.1 Å². The maximum absolute atomic E-state index is 6.06. The molecule has 0 aliphatic carbocycles. The first-order valence-electron chi connectivity index (χ1n) is 7.68. The maximum atomic E-state index is 6.06. The quantitative estimate of drug-likeness (QED) is 0.715. The highest BCUT2D eigenvalue weighted by atomic mass is 16.5. The van der Waals surface area contributed by atoms with E-state index in [1.165, 1.54) is 12.0 Å². The van der Waals surface area contributed by atoms with E-state index in [4.69, 9.17) is 4.74 Å². The van der Waals surface area contributed by atoms with Gasteiger partial charge in [0.05, 0.1) is 0 Å². The second kappa shape index (κ2) is 8.98. The smallest absolute Gasteiger partial charge is 0.119 e. The van der Waals surface area contributed by atoms with Gasteiger partial charge < -0.3 is 10.1 Å². The summed E-state index contributed by atoms with van der Waals surface area (Å²) in [5.74, 6) is 1.62. The Kier molecular flexibility index (Phi) is 7.57. The zero-order chi connectivity index (χ0) is 14.1. The van der Waals surface area contributed by atoms with Crippen molar-refractivity contribution in [3.05, 3.63) is 29.8 Å². The average Bonchev–Trinajstić information content (AvgIpc) is 2.45. The Hall–Kier alpha value is -1.02. The first-order valence-corrected chi connectivity index (χ1v) is 7.68. The van der Waals surface area contributed by atoms with Gasteiger partial charge in [-0.15, -0.1) is 0 Å². The lowest BCUT2D eigenvalue weighted by molar-refractivity contribution is 0.187. The van der Waals surface area contributed by atoms with Crippen LogP contribution in [0, 0.1) is 0 Å². The number of benzene rings is 1. The first kappa shape index (κ1) is 16.0. The number of likely N-dealkylation sites (N-methyl/N-ethyl adjacent to an activating group) is 1. The van der Waals surface area contributed by atoms with Gasteiger partial charge in [-0.05, 0) is 43.0 Å². The van der Waals surface area contributed by atoms with E-state index in [0.717, 1.165) is 31.7 Å². The summed E-state index contributed by atoms with van der Waals surface area (Å²) in [6, 6.07) is 8.60. The molecule has 0 aromatic heterocycles. The van der Waals surface area contributed by atoms with Crippen LogP contribution in [0.3, 0.4) is 0 Å². The van der Waals surface area contributed by atoms with E-state index in [1.54, 1.807) is 0 Å². The van der Waals surface area contributed by atoms with Crippen LogP contribution in [-0.4, -0.2) is 19.2 Å². The van der Waals surface area contributed by atoms with Gasteiger partial charge in [0, 0.05) is 6.54 Å². The molecule has 0 amide bonds. The molecule has 0 aliphatic heterocycles. The van der Waals surface area contributed by atoms with Crippen LogP contribution in [0.1, 0.15) is 58.4 Å². The van der Waals surface area contributed by atoms with E-state index < -0.39 is 0 Å². The van der Waals surface area contributed by atoms with E-state index in [1.807, 2.05) is 0 Å². The molecule has 2 heteroatoms. The fraction of sp³-hybridized carbons (Fsp3) is 0.647. The molecule has 2 nitrogen and oxygen atoms in total. The number of hydrogen-bond acceptors (Lipinski definition) is 2. The molecular weight excluding hydrogens is 234 g/mol. The van der Waals surface area contributed by atoms with Gasteiger partial charge in [0.2, 0.25) is 0 Å². The predicted molar refractivity (Wildman–Crippen MR) is 83.0 cm³/mol. The highest BCUT2D eigenvalue weighted by molar-refractivity contribution is 5.29. The van der Waals surface area contributed by atoms with Crippen LogP contribution >= 0.6 is 0 Å². The molecule has 0 saturated carbocycles. The van der Waals surface area contributed by atoms with Gasteiger partial charge in [-0.3, -0.25) is 0 Å². The molecule has 19 heavy (non-hydrogen) atoms.